The second kappa shape index (κ2) is 6.88. The van der Waals surface area contributed by atoms with Crippen LogP contribution in [0.3, 0.4) is 0 Å². The van der Waals surface area contributed by atoms with Crippen molar-refractivity contribution in [3.05, 3.63) is 65.7 Å². The summed E-state index contributed by atoms with van der Waals surface area (Å²) in [4.78, 5) is 12.5. The topological polar surface area (TPSA) is 49.0 Å². The monoisotopic (exact) mass is 345 g/mol. The molecule has 0 aliphatic rings. The number of hydrogen-bond donors (Lipinski definition) is 0. The average Bonchev–Trinajstić information content (AvgIpc) is 3.16. The van der Waals surface area contributed by atoms with Crippen LogP contribution in [0.1, 0.15) is 21.7 Å². The summed E-state index contributed by atoms with van der Waals surface area (Å²) in [6, 6.07) is 9.90. The van der Waals surface area contributed by atoms with Crippen molar-refractivity contribution in [2.24, 2.45) is 0 Å². The minimum absolute atomic E-state index is 0.0410. The Morgan fingerprint density at radius 2 is 1.96 bits per heavy atom. The Morgan fingerprint density at radius 1 is 1.24 bits per heavy atom. The van der Waals surface area contributed by atoms with Gasteiger partial charge in [0.05, 0.1) is 0 Å². The van der Waals surface area contributed by atoms with E-state index in [1.54, 1.807) is 35.3 Å². The molecule has 7 heteroatoms. The molecule has 25 heavy (non-hydrogen) atoms. The Labute approximate surface area is 143 Å². The maximum atomic E-state index is 12.5. The summed E-state index contributed by atoms with van der Waals surface area (Å²) in [5, 5.41) is 4.05. The third-order valence-corrected chi connectivity index (χ3v) is 3.92. The highest BCUT2D eigenvalue weighted by Gasteiger charge is 2.17. The van der Waals surface area contributed by atoms with E-state index in [1.165, 1.54) is 12.1 Å². The normalized spacial score (nSPS) is 11.1. The number of rotatable bonds is 6. The van der Waals surface area contributed by atoms with Crippen LogP contribution in [0.2, 0.25) is 0 Å². The van der Waals surface area contributed by atoms with Gasteiger partial charge in [-0.2, -0.15) is 13.9 Å². The molecule has 0 spiro atoms. The fourth-order valence-electron chi connectivity index (χ4n) is 2.85. The van der Waals surface area contributed by atoms with Crippen LogP contribution < -0.4 is 4.74 Å². The number of aryl methyl sites for hydroxylation is 1. The molecule has 0 fully saturated rings. The van der Waals surface area contributed by atoms with Gasteiger partial charge >= 0.3 is 6.61 Å². The maximum Gasteiger partial charge on any atom is 0.387 e. The van der Waals surface area contributed by atoms with E-state index in [0.29, 0.717) is 5.56 Å². The Morgan fingerprint density at radius 3 is 2.56 bits per heavy atom. The molecule has 0 saturated carbocycles. The first-order chi connectivity index (χ1) is 12.0. The molecule has 0 amide bonds. The molecule has 0 N–H and O–H groups in total. The third-order valence-electron chi connectivity index (χ3n) is 3.92. The minimum Gasteiger partial charge on any atom is -0.435 e. The lowest BCUT2D eigenvalue weighted by molar-refractivity contribution is -0.0498. The molecule has 0 atom stereocenters. The lowest BCUT2D eigenvalue weighted by Gasteiger charge is -2.11. The maximum absolute atomic E-state index is 12.5. The molecule has 0 bridgehead atoms. The van der Waals surface area contributed by atoms with E-state index in [-0.39, 0.29) is 18.1 Å². The van der Waals surface area contributed by atoms with Gasteiger partial charge in [0.25, 0.3) is 0 Å². The van der Waals surface area contributed by atoms with Gasteiger partial charge in [0.2, 0.25) is 0 Å². The second-order valence-corrected chi connectivity index (χ2v) is 5.62. The number of benzene rings is 1. The van der Waals surface area contributed by atoms with E-state index in [4.69, 9.17) is 0 Å². The van der Waals surface area contributed by atoms with Crippen LogP contribution in [0.5, 0.6) is 5.75 Å². The number of carbonyl (C=O) groups excluding carboxylic acids is 1. The standard InChI is InChI=1S/C18H17F2N3O2/c1-12-10-16(17(24)11-22-9-3-8-21-22)13(2)23(12)14-4-6-15(7-5-14)25-18(19)20/h3-10,18H,11H2,1-2H3. The lowest BCUT2D eigenvalue weighted by atomic mass is 10.1. The van der Waals surface area contributed by atoms with E-state index in [2.05, 4.69) is 9.84 Å². The number of alkyl halides is 2. The minimum atomic E-state index is -2.85. The molecular formula is C18H17F2N3O2. The number of carbonyl (C=O) groups is 1. The number of nitrogens with zero attached hydrogens (tertiary/aromatic N) is 3. The predicted octanol–water partition coefficient (Wildman–Crippen LogP) is 3.77. The fourth-order valence-corrected chi connectivity index (χ4v) is 2.85. The predicted molar refractivity (Wildman–Crippen MR) is 88.4 cm³/mol. The molecular weight excluding hydrogens is 328 g/mol. The molecule has 0 aliphatic carbocycles. The molecule has 5 nitrogen and oxygen atoms in total. The molecule has 0 aliphatic heterocycles. The van der Waals surface area contributed by atoms with Crippen molar-refractivity contribution in [3.63, 3.8) is 0 Å². The number of hydrogen-bond acceptors (Lipinski definition) is 3. The van der Waals surface area contributed by atoms with Gasteiger partial charge in [-0.25, -0.2) is 0 Å². The lowest BCUT2D eigenvalue weighted by Crippen LogP contribution is -2.11. The summed E-state index contributed by atoms with van der Waals surface area (Å²) in [5.74, 6) is 0.0527. The van der Waals surface area contributed by atoms with Crippen LogP contribution in [0.4, 0.5) is 8.78 Å². The van der Waals surface area contributed by atoms with Crippen molar-refractivity contribution in [2.75, 3.05) is 0 Å². The van der Waals surface area contributed by atoms with E-state index in [0.717, 1.165) is 17.1 Å². The zero-order valence-electron chi connectivity index (χ0n) is 13.8. The van der Waals surface area contributed by atoms with Crippen molar-refractivity contribution >= 4 is 5.78 Å². The molecule has 2 aromatic heterocycles. The molecule has 130 valence electrons. The Bertz CT molecular complexity index is 869. The van der Waals surface area contributed by atoms with Gasteiger partial charge in [0.1, 0.15) is 12.3 Å². The highest BCUT2D eigenvalue weighted by Crippen LogP contribution is 2.24. The van der Waals surface area contributed by atoms with Crippen molar-refractivity contribution in [1.82, 2.24) is 14.3 Å². The zero-order valence-corrected chi connectivity index (χ0v) is 13.8. The van der Waals surface area contributed by atoms with E-state index >= 15 is 0 Å². The van der Waals surface area contributed by atoms with Gasteiger partial charge < -0.3 is 9.30 Å². The first kappa shape index (κ1) is 16.9. The summed E-state index contributed by atoms with van der Waals surface area (Å²) in [6.45, 7) is 1.06. The molecule has 3 aromatic rings. The van der Waals surface area contributed by atoms with E-state index < -0.39 is 6.61 Å². The van der Waals surface area contributed by atoms with Crippen LogP contribution in [-0.4, -0.2) is 26.7 Å². The molecule has 0 saturated heterocycles. The van der Waals surface area contributed by atoms with Gasteiger partial charge in [-0.15, -0.1) is 0 Å². The molecule has 0 unspecified atom stereocenters. The average molecular weight is 345 g/mol. The Kier molecular flexibility index (Phi) is 4.65. The number of aromatic nitrogens is 3. The Balaban J connectivity index is 1.87. The summed E-state index contributed by atoms with van der Waals surface area (Å²) in [6.07, 6.45) is 3.36. The first-order valence-electron chi connectivity index (χ1n) is 7.70. The van der Waals surface area contributed by atoms with Crippen molar-refractivity contribution in [2.45, 2.75) is 27.0 Å². The zero-order chi connectivity index (χ0) is 18.0. The van der Waals surface area contributed by atoms with Crippen LogP contribution >= 0.6 is 0 Å². The van der Waals surface area contributed by atoms with E-state index in [9.17, 15) is 13.6 Å². The fraction of sp³-hybridized carbons (Fsp3) is 0.222. The summed E-state index contributed by atoms with van der Waals surface area (Å²) < 4.78 is 32.3. The van der Waals surface area contributed by atoms with Gasteiger partial charge in [-0.1, -0.05) is 0 Å². The quantitative estimate of drug-likeness (QED) is 0.639. The number of ketones is 1. The van der Waals surface area contributed by atoms with Gasteiger partial charge in [-0.3, -0.25) is 9.48 Å². The number of ether oxygens (including phenoxy) is 1. The first-order valence-corrected chi connectivity index (χ1v) is 7.70. The molecule has 2 heterocycles. The van der Waals surface area contributed by atoms with Crippen molar-refractivity contribution in [3.8, 4) is 11.4 Å². The van der Waals surface area contributed by atoms with Crippen LogP contribution in [0, 0.1) is 13.8 Å². The van der Waals surface area contributed by atoms with Crippen molar-refractivity contribution < 1.29 is 18.3 Å². The van der Waals surface area contributed by atoms with Crippen molar-refractivity contribution in [1.29, 1.82) is 0 Å². The van der Waals surface area contributed by atoms with Crippen LogP contribution in [0.15, 0.2) is 48.8 Å². The van der Waals surface area contributed by atoms with Gasteiger partial charge in [0.15, 0.2) is 5.78 Å². The second-order valence-electron chi connectivity index (χ2n) is 5.62. The largest absolute Gasteiger partial charge is 0.435 e. The highest BCUT2D eigenvalue weighted by atomic mass is 19.3. The SMILES string of the molecule is Cc1cc(C(=O)Cn2cccn2)c(C)n1-c1ccc(OC(F)F)cc1. The summed E-state index contributed by atoms with van der Waals surface area (Å²) in [7, 11) is 0. The molecule has 1 aromatic carbocycles. The number of Topliss-reactive ketones (excluding diaryl/α,β-unsaturated/α-hetero) is 1. The van der Waals surface area contributed by atoms with Gasteiger partial charge in [-0.05, 0) is 50.2 Å². The molecule has 0 radical (unpaired) electrons. The highest BCUT2D eigenvalue weighted by molar-refractivity contribution is 5.97. The number of halogens is 2. The smallest absolute Gasteiger partial charge is 0.387 e. The molecule has 3 rings (SSSR count). The van der Waals surface area contributed by atoms with Crippen LogP contribution in [-0.2, 0) is 6.54 Å². The third kappa shape index (κ3) is 3.60. The summed E-state index contributed by atoms with van der Waals surface area (Å²) in [5.41, 5.74) is 3.05. The van der Waals surface area contributed by atoms with E-state index in [1.807, 2.05) is 24.5 Å². The Hall–Kier alpha value is -2.96. The van der Waals surface area contributed by atoms with Crippen LogP contribution in [0.25, 0.3) is 5.69 Å². The van der Waals surface area contributed by atoms with Gasteiger partial charge in [0, 0.05) is 35.0 Å². The summed E-state index contributed by atoms with van der Waals surface area (Å²) >= 11 is 0.